The van der Waals surface area contributed by atoms with Crippen molar-refractivity contribution in [3.05, 3.63) is 81.5 Å². The highest BCUT2D eigenvalue weighted by Crippen LogP contribution is 2.60. The second-order valence-corrected chi connectivity index (χ2v) is 11.4. The molecular weight excluding hydrogens is 496 g/mol. The topological polar surface area (TPSA) is 139 Å². The Kier molecular flexibility index (Phi) is 6.32. The minimum Gasteiger partial charge on any atom is -0.507 e. The number of aliphatic hydroxyl groups excluding tert-OH is 1. The van der Waals surface area contributed by atoms with Crippen molar-refractivity contribution in [3.8, 4) is 16.9 Å². The molecule has 204 valence electrons. The summed E-state index contributed by atoms with van der Waals surface area (Å²) < 4.78 is 0. The maximum absolute atomic E-state index is 13.2. The molecule has 1 saturated carbocycles. The number of aromatic nitrogens is 2. The third-order valence-corrected chi connectivity index (χ3v) is 9.31. The van der Waals surface area contributed by atoms with Crippen molar-refractivity contribution in [2.24, 2.45) is 0 Å². The fourth-order valence-electron chi connectivity index (χ4n) is 7.27. The van der Waals surface area contributed by atoms with E-state index < -0.39 is 22.8 Å². The van der Waals surface area contributed by atoms with Gasteiger partial charge in [0.2, 0.25) is 0 Å². The summed E-state index contributed by atoms with van der Waals surface area (Å²) in [7, 11) is 2.03. The van der Waals surface area contributed by atoms with E-state index in [1.54, 1.807) is 12.3 Å². The van der Waals surface area contributed by atoms with E-state index in [0.29, 0.717) is 50.6 Å². The number of piperidine rings is 1. The Hall–Kier alpha value is -3.53. The Labute approximate surface area is 226 Å². The molecule has 1 aromatic heterocycles. The second-order valence-electron chi connectivity index (χ2n) is 11.4. The first-order valence-corrected chi connectivity index (χ1v) is 13.6. The molecule has 1 aliphatic heterocycles. The number of hydrogen-bond acceptors (Lipinski definition) is 7. The lowest BCUT2D eigenvalue weighted by Crippen LogP contribution is -2.72. The van der Waals surface area contributed by atoms with Crippen molar-refractivity contribution in [1.29, 1.82) is 0 Å². The van der Waals surface area contributed by atoms with Crippen LogP contribution in [-0.2, 0) is 18.3 Å². The number of fused-ring (bicyclic) bond motifs is 1. The summed E-state index contributed by atoms with van der Waals surface area (Å²) >= 11 is 0. The molecule has 4 atom stereocenters. The SMILES string of the molecule is CN1CC[C@]23CC(O)CC[C@@]2(O)[C@H]1Cc1ccc(C(=O)NCCc2ccc(-c4cnc(=O)[nH]c4)cc2)c(O)c13. The van der Waals surface area contributed by atoms with Crippen LogP contribution in [-0.4, -0.2) is 74.0 Å². The van der Waals surface area contributed by atoms with Crippen molar-refractivity contribution >= 4 is 5.91 Å². The lowest BCUT2D eigenvalue weighted by atomic mass is 9.49. The first-order chi connectivity index (χ1) is 18.7. The number of hydrogen-bond donors (Lipinski definition) is 5. The van der Waals surface area contributed by atoms with E-state index in [1.807, 2.05) is 37.4 Å². The van der Waals surface area contributed by atoms with Gasteiger partial charge in [-0.25, -0.2) is 9.78 Å². The highest BCUT2D eigenvalue weighted by molar-refractivity contribution is 5.97. The number of likely N-dealkylation sites (N-methyl/N-ethyl adjacent to an activating group) is 1. The number of phenols is 1. The van der Waals surface area contributed by atoms with Gasteiger partial charge < -0.3 is 30.5 Å². The van der Waals surface area contributed by atoms with E-state index in [-0.39, 0.29) is 23.3 Å². The number of carbonyl (C=O) groups is 1. The predicted octanol–water partition coefficient (Wildman–Crippen LogP) is 1.89. The molecular formula is C30H34N4O5. The van der Waals surface area contributed by atoms with Gasteiger partial charge in [0.25, 0.3) is 5.91 Å². The largest absolute Gasteiger partial charge is 0.507 e. The minimum atomic E-state index is -1.06. The summed E-state index contributed by atoms with van der Waals surface area (Å²) in [4.78, 5) is 32.9. The molecule has 1 amide bonds. The Morgan fingerprint density at radius 3 is 2.72 bits per heavy atom. The highest BCUT2D eigenvalue weighted by Gasteiger charge is 2.65. The number of benzene rings is 2. The smallest absolute Gasteiger partial charge is 0.344 e. The zero-order valence-electron chi connectivity index (χ0n) is 22.0. The molecule has 2 aromatic carbocycles. The molecule has 3 aliphatic rings. The first-order valence-electron chi connectivity index (χ1n) is 13.6. The van der Waals surface area contributed by atoms with Gasteiger partial charge in [-0.05, 0) is 74.9 Å². The zero-order valence-corrected chi connectivity index (χ0v) is 22.0. The van der Waals surface area contributed by atoms with Crippen LogP contribution in [0, 0.1) is 0 Å². The molecule has 9 nitrogen and oxygen atoms in total. The van der Waals surface area contributed by atoms with E-state index in [0.717, 1.165) is 28.8 Å². The molecule has 39 heavy (non-hydrogen) atoms. The van der Waals surface area contributed by atoms with Crippen LogP contribution in [0.15, 0.2) is 53.6 Å². The van der Waals surface area contributed by atoms with Gasteiger partial charge in [0.15, 0.2) is 0 Å². The van der Waals surface area contributed by atoms with E-state index in [4.69, 9.17) is 0 Å². The van der Waals surface area contributed by atoms with Crippen LogP contribution in [0.4, 0.5) is 0 Å². The number of carbonyl (C=O) groups excluding carboxylic acids is 1. The lowest BCUT2D eigenvalue weighted by Gasteiger charge is -2.63. The molecule has 0 radical (unpaired) electrons. The van der Waals surface area contributed by atoms with Crippen molar-refractivity contribution in [2.45, 2.75) is 61.7 Å². The van der Waals surface area contributed by atoms with Crippen LogP contribution < -0.4 is 11.0 Å². The van der Waals surface area contributed by atoms with Crippen LogP contribution in [0.2, 0.25) is 0 Å². The number of rotatable bonds is 5. The van der Waals surface area contributed by atoms with Crippen LogP contribution in [0.25, 0.3) is 11.1 Å². The number of H-pyrrole nitrogens is 1. The number of nitrogens with zero attached hydrogens (tertiary/aromatic N) is 2. The minimum absolute atomic E-state index is 0.0700. The summed E-state index contributed by atoms with van der Waals surface area (Å²) in [5, 5.41) is 37.1. The van der Waals surface area contributed by atoms with Crippen molar-refractivity contribution < 1.29 is 20.1 Å². The normalized spacial score (nSPS) is 27.9. The third-order valence-electron chi connectivity index (χ3n) is 9.31. The quantitative estimate of drug-likeness (QED) is 0.340. The fraction of sp³-hybridized carbons (Fsp3) is 0.433. The Balaban J connectivity index is 1.20. The predicted molar refractivity (Wildman–Crippen MR) is 146 cm³/mol. The number of phenolic OH excluding ortho intramolecular Hbond substituents is 1. The molecule has 2 fully saturated rings. The van der Waals surface area contributed by atoms with Gasteiger partial charge >= 0.3 is 5.69 Å². The van der Waals surface area contributed by atoms with Crippen LogP contribution >= 0.6 is 0 Å². The standard InChI is InChI=1S/C30H34N4O5/c1-34-13-11-29-15-22(35)8-10-30(29,39)24(34)14-20-6-7-23(26(36)25(20)29)27(37)31-12-9-18-2-4-19(5-3-18)21-16-32-28(38)33-17-21/h2-7,16-17,22,24,35-36,39H,8-15H2,1H3,(H,31,37)(H,32,33,38)/t22?,24-,29-,30-/m1/s1. The van der Waals surface area contributed by atoms with E-state index in [9.17, 15) is 24.9 Å². The van der Waals surface area contributed by atoms with Gasteiger partial charge in [-0.3, -0.25) is 4.79 Å². The highest BCUT2D eigenvalue weighted by atomic mass is 16.3. The third kappa shape index (κ3) is 4.16. The summed E-state index contributed by atoms with van der Waals surface area (Å²) in [5.74, 6) is -0.433. The molecule has 2 bridgehead atoms. The number of amides is 1. The first kappa shape index (κ1) is 25.7. The number of likely N-dealkylation sites (tertiary alicyclic amines) is 1. The van der Waals surface area contributed by atoms with Crippen LogP contribution in [0.3, 0.4) is 0 Å². The zero-order chi connectivity index (χ0) is 27.4. The molecule has 2 aliphatic carbocycles. The fourth-order valence-corrected chi connectivity index (χ4v) is 7.27. The maximum atomic E-state index is 13.2. The molecule has 6 rings (SSSR count). The van der Waals surface area contributed by atoms with Gasteiger partial charge in [-0.2, -0.15) is 0 Å². The van der Waals surface area contributed by atoms with Gasteiger partial charge in [0, 0.05) is 41.5 Å². The Morgan fingerprint density at radius 2 is 1.97 bits per heavy atom. The lowest BCUT2D eigenvalue weighted by molar-refractivity contribution is -0.177. The molecule has 9 heteroatoms. The van der Waals surface area contributed by atoms with Crippen LogP contribution in [0.5, 0.6) is 5.75 Å². The van der Waals surface area contributed by atoms with Gasteiger partial charge in [-0.15, -0.1) is 0 Å². The Morgan fingerprint density at radius 1 is 1.18 bits per heavy atom. The van der Waals surface area contributed by atoms with E-state index >= 15 is 0 Å². The molecule has 1 saturated heterocycles. The van der Waals surface area contributed by atoms with Crippen molar-refractivity contribution in [2.75, 3.05) is 20.1 Å². The molecule has 2 heterocycles. The summed E-state index contributed by atoms with van der Waals surface area (Å²) in [6.07, 6.45) is 5.79. The molecule has 5 N–H and O–H groups in total. The van der Waals surface area contributed by atoms with Crippen molar-refractivity contribution in [3.63, 3.8) is 0 Å². The monoisotopic (exact) mass is 530 g/mol. The molecule has 1 unspecified atom stereocenters. The average molecular weight is 531 g/mol. The number of aromatic hydroxyl groups is 1. The average Bonchev–Trinajstić information content (AvgIpc) is 2.92. The van der Waals surface area contributed by atoms with Gasteiger partial charge in [0.1, 0.15) is 5.75 Å². The van der Waals surface area contributed by atoms with E-state index in [1.165, 1.54) is 6.20 Å². The molecule has 3 aromatic rings. The Bertz CT molecular complexity index is 1450. The number of aliphatic hydroxyl groups is 2. The number of nitrogens with one attached hydrogen (secondary N) is 2. The molecule has 0 spiro atoms. The summed E-state index contributed by atoms with van der Waals surface area (Å²) in [5.41, 5.74) is 2.32. The summed E-state index contributed by atoms with van der Waals surface area (Å²) in [6, 6.07) is 11.3. The van der Waals surface area contributed by atoms with Gasteiger partial charge in [0.05, 0.1) is 17.3 Å². The summed E-state index contributed by atoms with van der Waals surface area (Å²) in [6.45, 7) is 1.14. The number of aromatic amines is 1. The maximum Gasteiger partial charge on any atom is 0.344 e. The second kappa shape index (κ2) is 9.59. The van der Waals surface area contributed by atoms with Crippen LogP contribution in [0.1, 0.15) is 52.7 Å². The van der Waals surface area contributed by atoms with Gasteiger partial charge in [-0.1, -0.05) is 30.3 Å². The van der Waals surface area contributed by atoms with E-state index in [2.05, 4.69) is 20.2 Å². The van der Waals surface area contributed by atoms with Crippen molar-refractivity contribution in [1.82, 2.24) is 20.2 Å².